The number of hydrogen-bond acceptors (Lipinski definition) is 5. The fraction of sp³-hybridized carbons (Fsp3) is 0.273. The SMILES string of the molecule is N#Cc1ccsc1NC(=O)CN1C(=O)CCC1=O. The lowest BCUT2D eigenvalue weighted by Crippen LogP contribution is -2.36. The fourth-order valence-electron chi connectivity index (χ4n) is 1.60. The number of nitriles is 1. The molecule has 0 unspecified atom stereocenters. The molecule has 2 heterocycles. The Morgan fingerprint density at radius 3 is 2.72 bits per heavy atom. The van der Waals surface area contributed by atoms with Gasteiger partial charge in [-0.15, -0.1) is 11.3 Å². The van der Waals surface area contributed by atoms with Gasteiger partial charge in [-0.05, 0) is 11.4 Å². The summed E-state index contributed by atoms with van der Waals surface area (Å²) in [6.45, 7) is -0.291. The Morgan fingerprint density at radius 1 is 1.44 bits per heavy atom. The third-order valence-electron chi connectivity index (χ3n) is 2.50. The molecule has 1 fully saturated rings. The second-order valence-electron chi connectivity index (χ2n) is 3.70. The van der Waals surface area contributed by atoms with Gasteiger partial charge >= 0.3 is 0 Å². The molecule has 6 nitrogen and oxygen atoms in total. The van der Waals surface area contributed by atoms with Crippen molar-refractivity contribution >= 4 is 34.1 Å². The molecule has 0 aromatic carbocycles. The molecule has 0 bridgehead atoms. The van der Waals surface area contributed by atoms with Gasteiger partial charge in [0.1, 0.15) is 17.6 Å². The van der Waals surface area contributed by atoms with Crippen LogP contribution in [0.5, 0.6) is 0 Å². The number of nitrogens with zero attached hydrogens (tertiary/aromatic N) is 2. The van der Waals surface area contributed by atoms with E-state index in [1.807, 2.05) is 6.07 Å². The molecule has 0 aliphatic carbocycles. The molecule has 92 valence electrons. The summed E-state index contributed by atoms with van der Waals surface area (Å²) in [5, 5.41) is 13.4. The van der Waals surface area contributed by atoms with Crippen molar-refractivity contribution in [1.29, 1.82) is 5.26 Å². The number of imide groups is 1. The van der Waals surface area contributed by atoms with Gasteiger partial charge in [0.05, 0.1) is 5.56 Å². The van der Waals surface area contributed by atoms with Gasteiger partial charge in [0.25, 0.3) is 0 Å². The zero-order chi connectivity index (χ0) is 13.1. The summed E-state index contributed by atoms with van der Waals surface area (Å²) >= 11 is 1.22. The molecule has 7 heteroatoms. The van der Waals surface area contributed by atoms with Crippen molar-refractivity contribution in [2.75, 3.05) is 11.9 Å². The summed E-state index contributed by atoms with van der Waals surface area (Å²) < 4.78 is 0. The van der Waals surface area contributed by atoms with Crippen LogP contribution in [-0.2, 0) is 14.4 Å². The normalized spacial score (nSPS) is 14.7. The Morgan fingerprint density at radius 2 is 2.11 bits per heavy atom. The molecule has 0 atom stereocenters. The minimum Gasteiger partial charge on any atom is -0.315 e. The Labute approximate surface area is 107 Å². The standard InChI is InChI=1S/C11H9N3O3S/c12-5-7-3-4-18-11(7)13-8(15)6-14-9(16)1-2-10(14)17/h3-4H,1-2,6H2,(H,13,15). The topological polar surface area (TPSA) is 90.3 Å². The molecular formula is C11H9N3O3S. The Bertz CT molecular complexity index is 542. The van der Waals surface area contributed by atoms with Crippen molar-refractivity contribution in [2.24, 2.45) is 0 Å². The molecule has 1 aromatic rings. The van der Waals surface area contributed by atoms with Gasteiger partial charge in [-0.2, -0.15) is 5.26 Å². The summed E-state index contributed by atoms with van der Waals surface area (Å²) in [6, 6.07) is 3.53. The number of thiophene rings is 1. The first-order chi connectivity index (χ1) is 8.61. The second kappa shape index (κ2) is 4.98. The number of likely N-dealkylation sites (tertiary alicyclic amines) is 1. The highest BCUT2D eigenvalue weighted by Crippen LogP contribution is 2.22. The lowest BCUT2D eigenvalue weighted by atomic mass is 10.3. The number of carbonyl (C=O) groups excluding carboxylic acids is 3. The van der Waals surface area contributed by atoms with E-state index in [0.29, 0.717) is 10.6 Å². The number of carbonyl (C=O) groups is 3. The quantitative estimate of drug-likeness (QED) is 0.813. The first-order valence-corrected chi connectivity index (χ1v) is 6.10. The lowest BCUT2D eigenvalue weighted by Gasteiger charge is -2.12. The predicted octanol–water partition coefficient (Wildman–Crippen LogP) is 0.707. The second-order valence-corrected chi connectivity index (χ2v) is 4.61. The molecule has 0 saturated carbocycles. The van der Waals surface area contributed by atoms with Crippen molar-refractivity contribution in [3.8, 4) is 6.07 Å². The third kappa shape index (κ3) is 2.38. The van der Waals surface area contributed by atoms with Crippen molar-refractivity contribution in [3.05, 3.63) is 17.0 Å². The van der Waals surface area contributed by atoms with E-state index in [9.17, 15) is 14.4 Å². The maximum atomic E-state index is 11.7. The van der Waals surface area contributed by atoms with E-state index >= 15 is 0 Å². The molecule has 1 N–H and O–H groups in total. The molecule has 1 aliphatic heterocycles. The monoisotopic (exact) mass is 263 g/mol. The molecule has 1 saturated heterocycles. The number of rotatable bonds is 3. The van der Waals surface area contributed by atoms with Crippen LogP contribution in [0.4, 0.5) is 5.00 Å². The predicted molar refractivity (Wildman–Crippen MR) is 63.6 cm³/mol. The summed E-state index contributed by atoms with van der Waals surface area (Å²) in [6.07, 6.45) is 0.323. The van der Waals surface area contributed by atoms with Gasteiger partial charge in [0, 0.05) is 12.8 Å². The minimum absolute atomic E-state index is 0.161. The average molecular weight is 263 g/mol. The zero-order valence-corrected chi connectivity index (χ0v) is 10.1. The highest BCUT2D eigenvalue weighted by Gasteiger charge is 2.30. The van der Waals surface area contributed by atoms with E-state index in [0.717, 1.165) is 4.90 Å². The Hall–Kier alpha value is -2.20. The first kappa shape index (κ1) is 12.3. The summed E-state index contributed by atoms with van der Waals surface area (Å²) in [5.41, 5.74) is 0.368. The first-order valence-electron chi connectivity index (χ1n) is 5.22. The van der Waals surface area contributed by atoms with Crippen LogP contribution in [0.15, 0.2) is 11.4 Å². The van der Waals surface area contributed by atoms with Crippen LogP contribution in [0, 0.1) is 11.3 Å². The van der Waals surface area contributed by atoms with Crippen LogP contribution >= 0.6 is 11.3 Å². The van der Waals surface area contributed by atoms with E-state index < -0.39 is 5.91 Å². The van der Waals surface area contributed by atoms with Crippen LogP contribution in [0.3, 0.4) is 0 Å². The molecule has 1 aliphatic rings. The largest absolute Gasteiger partial charge is 0.315 e. The highest BCUT2D eigenvalue weighted by atomic mass is 32.1. The maximum Gasteiger partial charge on any atom is 0.245 e. The van der Waals surface area contributed by atoms with Gasteiger partial charge < -0.3 is 5.32 Å². The third-order valence-corrected chi connectivity index (χ3v) is 3.33. The maximum absolute atomic E-state index is 11.7. The molecule has 1 aromatic heterocycles. The van der Waals surface area contributed by atoms with Crippen molar-refractivity contribution < 1.29 is 14.4 Å². The van der Waals surface area contributed by atoms with Crippen LogP contribution in [0.1, 0.15) is 18.4 Å². The van der Waals surface area contributed by atoms with Gasteiger partial charge in [-0.3, -0.25) is 19.3 Å². The van der Waals surface area contributed by atoms with E-state index in [4.69, 9.17) is 5.26 Å². The van der Waals surface area contributed by atoms with E-state index in [-0.39, 0.29) is 31.2 Å². The Balaban J connectivity index is 1.99. The van der Waals surface area contributed by atoms with Crippen LogP contribution in [0.2, 0.25) is 0 Å². The fourth-order valence-corrected chi connectivity index (χ4v) is 2.36. The van der Waals surface area contributed by atoms with Crippen LogP contribution < -0.4 is 5.32 Å². The molecule has 2 rings (SSSR count). The number of nitrogens with one attached hydrogen (secondary N) is 1. The molecule has 3 amide bonds. The molecule has 18 heavy (non-hydrogen) atoms. The highest BCUT2D eigenvalue weighted by molar-refractivity contribution is 7.14. The minimum atomic E-state index is -0.474. The van der Waals surface area contributed by atoms with Crippen molar-refractivity contribution in [1.82, 2.24) is 4.90 Å². The number of anilines is 1. The zero-order valence-electron chi connectivity index (χ0n) is 9.30. The van der Waals surface area contributed by atoms with E-state index in [1.165, 1.54) is 11.3 Å². The van der Waals surface area contributed by atoms with Gasteiger partial charge in [0.2, 0.25) is 17.7 Å². The summed E-state index contributed by atoms with van der Waals surface area (Å²) in [4.78, 5) is 35.2. The summed E-state index contributed by atoms with van der Waals surface area (Å²) in [5.74, 6) is -1.14. The van der Waals surface area contributed by atoms with Crippen molar-refractivity contribution in [3.63, 3.8) is 0 Å². The molecule has 0 radical (unpaired) electrons. The van der Waals surface area contributed by atoms with E-state index in [1.54, 1.807) is 11.4 Å². The van der Waals surface area contributed by atoms with Crippen LogP contribution in [0.25, 0.3) is 0 Å². The van der Waals surface area contributed by atoms with Gasteiger partial charge in [0.15, 0.2) is 0 Å². The Kier molecular flexibility index (Phi) is 3.39. The average Bonchev–Trinajstić information content (AvgIpc) is 2.90. The number of hydrogen-bond donors (Lipinski definition) is 1. The van der Waals surface area contributed by atoms with Crippen LogP contribution in [-0.4, -0.2) is 29.2 Å². The van der Waals surface area contributed by atoms with E-state index in [2.05, 4.69) is 5.32 Å². The van der Waals surface area contributed by atoms with Gasteiger partial charge in [-0.1, -0.05) is 0 Å². The lowest BCUT2D eigenvalue weighted by molar-refractivity contribution is -0.141. The number of amides is 3. The van der Waals surface area contributed by atoms with Crippen molar-refractivity contribution in [2.45, 2.75) is 12.8 Å². The molecule has 0 spiro atoms. The smallest absolute Gasteiger partial charge is 0.245 e. The van der Waals surface area contributed by atoms with Gasteiger partial charge in [-0.25, -0.2) is 0 Å². The summed E-state index contributed by atoms with van der Waals surface area (Å²) in [7, 11) is 0. The molecular weight excluding hydrogens is 254 g/mol.